The van der Waals surface area contributed by atoms with Gasteiger partial charge in [-0.25, -0.2) is 0 Å². The largest absolute Gasteiger partial charge is 0.486 e. The normalized spacial score (nSPS) is 11.0. The van der Waals surface area contributed by atoms with Gasteiger partial charge in [-0.3, -0.25) is 25.1 Å². The minimum atomic E-state index is -0.584. The number of nitrogens with one attached hydrogen (secondary N) is 2. The van der Waals surface area contributed by atoms with Crippen LogP contribution < -0.4 is 15.6 Å². The number of hydrogen-bond donors (Lipinski definition) is 2. The summed E-state index contributed by atoms with van der Waals surface area (Å²) < 4.78 is 12.8. The standard InChI is InChI=1S/C23H25ClN4O4/c1-3-4-14-28-22(24)19(16(2)27-28)11-13-21(29)25-26-23(30)20-12-10-18(32-20)15-31-17-8-6-5-7-9-17/h5-13H,3-4,14-15H2,1-2H3,(H,25,29)(H,26,30)/b13-11+. The minimum absolute atomic E-state index is 0.0528. The summed E-state index contributed by atoms with van der Waals surface area (Å²) in [5, 5.41) is 4.86. The van der Waals surface area contributed by atoms with Crippen molar-refractivity contribution in [2.75, 3.05) is 0 Å². The summed E-state index contributed by atoms with van der Waals surface area (Å²) in [6.07, 6.45) is 4.84. The Hall–Kier alpha value is -3.52. The summed E-state index contributed by atoms with van der Waals surface area (Å²) in [5.41, 5.74) is 6.01. The van der Waals surface area contributed by atoms with Gasteiger partial charge in [0.05, 0.1) is 5.69 Å². The first-order chi connectivity index (χ1) is 15.5. The van der Waals surface area contributed by atoms with E-state index >= 15 is 0 Å². The number of benzene rings is 1. The maximum absolute atomic E-state index is 12.2. The van der Waals surface area contributed by atoms with Gasteiger partial charge in [-0.05, 0) is 43.7 Å². The lowest BCUT2D eigenvalue weighted by molar-refractivity contribution is -0.117. The number of nitrogens with zero attached hydrogens (tertiary/aromatic N) is 2. The fourth-order valence-corrected chi connectivity index (χ4v) is 3.16. The van der Waals surface area contributed by atoms with E-state index in [0.717, 1.165) is 18.5 Å². The molecule has 3 aromatic rings. The molecule has 2 amide bonds. The molecule has 0 aliphatic heterocycles. The van der Waals surface area contributed by atoms with Gasteiger partial charge in [0.25, 0.3) is 5.91 Å². The lowest BCUT2D eigenvalue weighted by atomic mass is 10.2. The Kier molecular flexibility index (Phi) is 8.10. The third-order valence-corrected chi connectivity index (χ3v) is 4.94. The zero-order chi connectivity index (χ0) is 22.9. The first kappa shape index (κ1) is 23.1. The molecule has 0 aliphatic rings. The van der Waals surface area contributed by atoms with E-state index in [1.165, 1.54) is 12.1 Å². The Morgan fingerprint density at radius 2 is 1.97 bits per heavy atom. The van der Waals surface area contributed by atoms with E-state index in [1.54, 1.807) is 16.8 Å². The average Bonchev–Trinajstić information content (AvgIpc) is 3.38. The van der Waals surface area contributed by atoms with Gasteiger partial charge in [0.2, 0.25) is 0 Å². The number of hydrazine groups is 1. The van der Waals surface area contributed by atoms with Gasteiger partial charge < -0.3 is 9.15 Å². The molecule has 0 unspecified atom stereocenters. The van der Waals surface area contributed by atoms with Crippen molar-refractivity contribution in [3.63, 3.8) is 0 Å². The second-order valence-electron chi connectivity index (χ2n) is 7.01. The smallest absolute Gasteiger partial charge is 0.305 e. The molecule has 0 radical (unpaired) electrons. The van der Waals surface area contributed by atoms with Crippen molar-refractivity contribution in [3.8, 4) is 5.75 Å². The van der Waals surface area contributed by atoms with E-state index in [4.69, 9.17) is 20.8 Å². The maximum Gasteiger partial charge on any atom is 0.305 e. The topological polar surface area (TPSA) is 98.4 Å². The lowest BCUT2D eigenvalue weighted by Gasteiger charge is -2.04. The number of ether oxygens (including phenoxy) is 1. The molecule has 1 aromatic carbocycles. The highest BCUT2D eigenvalue weighted by Crippen LogP contribution is 2.21. The molecule has 8 nitrogen and oxygen atoms in total. The number of hydrogen-bond acceptors (Lipinski definition) is 5. The van der Waals surface area contributed by atoms with E-state index in [9.17, 15) is 9.59 Å². The third kappa shape index (κ3) is 6.24. The van der Waals surface area contributed by atoms with Gasteiger partial charge in [0, 0.05) is 18.2 Å². The van der Waals surface area contributed by atoms with Crippen molar-refractivity contribution in [2.24, 2.45) is 0 Å². The highest BCUT2D eigenvalue weighted by atomic mass is 35.5. The summed E-state index contributed by atoms with van der Waals surface area (Å²) in [7, 11) is 0. The van der Waals surface area contributed by atoms with Crippen LogP contribution in [0.4, 0.5) is 0 Å². The van der Waals surface area contributed by atoms with Crippen molar-refractivity contribution < 1.29 is 18.7 Å². The molecule has 3 rings (SSSR count). The van der Waals surface area contributed by atoms with Gasteiger partial charge in [0.1, 0.15) is 23.3 Å². The zero-order valence-electron chi connectivity index (χ0n) is 17.9. The predicted molar refractivity (Wildman–Crippen MR) is 121 cm³/mol. The second-order valence-corrected chi connectivity index (χ2v) is 7.37. The quantitative estimate of drug-likeness (QED) is 0.369. The molecule has 0 saturated carbocycles. The van der Waals surface area contributed by atoms with Crippen molar-refractivity contribution in [2.45, 2.75) is 39.8 Å². The summed E-state index contributed by atoms with van der Waals surface area (Å²) in [4.78, 5) is 24.3. The molecule has 32 heavy (non-hydrogen) atoms. The van der Waals surface area contributed by atoms with Crippen LogP contribution in [0.15, 0.2) is 53.0 Å². The number of furan rings is 1. The maximum atomic E-state index is 12.2. The average molecular weight is 457 g/mol. The number of unbranched alkanes of at least 4 members (excludes halogenated alkanes) is 1. The number of aromatic nitrogens is 2. The molecule has 0 aliphatic carbocycles. The van der Waals surface area contributed by atoms with Gasteiger partial charge in [-0.2, -0.15) is 5.10 Å². The van der Waals surface area contributed by atoms with Crippen LogP contribution in [-0.4, -0.2) is 21.6 Å². The van der Waals surface area contributed by atoms with Crippen LogP contribution in [0.5, 0.6) is 5.75 Å². The summed E-state index contributed by atoms with van der Waals surface area (Å²) >= 11 is 6.35. The van der Waals surface area contributed by atoms with Crippen LogP contribution in [0.2, 0.25) is 5.15 Å². The van der Waals surface area contributed by atoms with Crippen LogP contribution in [0.3, 0.4) is 0 Å². The molecule has 0 fully saturated rings. The number of rotatable bonds is 9. The fourth-order valence-electron chi connectivity index (χ4n) is 2.84. The SMILES string of the molecule is CCCCn1nc(C)c(/C=C/C(=O)NNC(=O)c2ccc(COc3ccccc3)o2)c1Cl. The first-order valence-electron chi connectivity index (χ1n) is 10.3. The fraction of sp³-hybridized carbons (Fsp3) is 0.261. The molecular weight excluding hydrogens is 432 g/mol. The molecule has 0 atom stereocenters. The van der Waals surface area contributed by atoms with Crippen LogP contribution in [0.1, 0.15) is 47.3 Å². The van der Waals surface area contributed by atoms with Gasteiger partial charge in [-0.15, -0.1) is 0 Å². The van der Waals surface area contributed by atoms with Crippen molar-refractivity contribution in [3.05, 3.63) is 76.5 Å². The minimum Gasteiger partial charge on any atom is -0.486 e. The highest BCUT2D eigenvalue weighted by Gasteiger charge is 2.13. The van der Waals surface area contributed by atoms with Gasteiger partial charge in [0.15, 0.2) is 5.76 Å². The molecule has 0 bridgehead atoms. The Bertz CT molecular complexity index is 1090. The third-order valence-electron chi connectivity index (χ3n) is 4.54. The van der Waals surface area contributed by atoms with Crippen molar-refractivity contribution in [1.29, 1.82) is 0 Å². The molecule has 9 heteroatoms. The zero-order valence-corrected chi connectivity index (χ0v) is 18.7. The van der Waals surface area contributed by atoms with E-state index in [0.29, 0.717) is 28.8 Å². The van der Waals surface area contributed by atoms with E-state index in [-0.39, 0.29) is 12.4 Å². The molecule has 2 heterocycles. The number of carbonyl (C=O) groups is 2. The first-order valence-corrected chi connectivity index (χ1v) is 10.6. The summed E-state index contributed by atoms with van der Waals surface area (Å²) in [6, 6.07) is 12.4. The molecular formula is C23H25ClN4O4. The Balaban J connectivity index is 1.49. The number of aryl methyl sites for hydroxylation is 2. The van der Waals surface area contributed by atoms with Crippen molar-refractivity contribution in [1.82, 2.24) is 20.6 Å². The molecule has 0 spiro atoms. The van der Waals surface area contributed by atoms with Crippen LogP contribution >= 0.6 is 11.6 Å². The number of halogens is 1. The number of amides is 2. The molecule has 0 saturated heterocycles. The molecule has 168 valence electrons. The van der Waals surface area contributed by atoms with Crippen LogP contribution in [0, 0.1) is 6.92 Å². The Morgan fingerprint density at radius 1 is 1.19 bits per heavy atom. The van der Waals surface area contributed by atoms with Gasteiger partial charge in [-0.1, -0.05) is 43.1 Å². The van der Waals surface area contributed by atoms with Crippen molar-refractivity contribution >= 4 is 29.5 Å². The Morgan fingerprint density at radius 3 is 2.72 bits per heavy atom. The van der Waals surface area contributed by atoms with E-state index in [2.05, 4.69) is 22.9 Å². The summed E-state index contributed by atoms with van der Waals surface area (Å²) in [6.45, 7) is 4.81. The Labute approximate surface area is 191 Å². The van der Waals surface area contributed by atoms with E-state index < -0.39 is 11.8 Å². The molecule has 2 N–H and O–H groups in total. The lowest BCUT2D eigenvalue weighted by Crippen LogP contribution is -2.40. The predicted octanol–water partition coefficient (Wildman–Crippen LogP) is 4.29. The highest BCUT2D eigenvalue weighted by molar-refractivity contribution is 6.31. The monoisotopic (exact) mass is 456 g/mol. The van der Waals surface area contributed by atoms with Crippen LogP contribution in [-0.2, 0) is 17.9 Å². The molecule has 2 aromatic heterocycles. The summed E-state index contributed by atoms with van der Waals surface area (Å²) in [5.74, 6) is 0.126. The van der Waals surface area contributed by atoms with Gasteiger partial charge >= 0.3 is 5.91 Å². The number of para-hydroxylation sites is 1. The second kappa shape index (κ2) is 11.2. The van der Waals surface area contributed by atoms with Crippen LogP contribution in [0.25, 0.3) is 6.08 Å². The van der Waals surface area contributed by atoms with E-state index in [1.807, 2.05) is 37.3 Å². The number of carbonyl (C=O) groups excluding carboxylic acids is 2.